The minimum Gasteiger partial charge on any atom is -0.309 e. The monoisotopic (exact) mass is 1580 g/mol. The summed E-state index contributed by atoms with van der Waals surface area (Å²) in [6.45, 7) is 9.51. The molecule has 20 aromatic carbocycles. The molecule has 0 fully saturated rings. The molecule has 3 aliphatic carbocycles. The van der Waals surface area contributed by atoms with E-state index in [0.29, 0.717) is 0 Å². The third kappa shape index (κ3) is 10.5. The summed E-state index contributed by atoms with van der Waals surface area (Å²) in [7, 11) is 0. The summed E-state index contributed by atoms with van der Waals surface area (Å²) >= 11 is 3.58. The van der Waals surface area contributed by atoms with Crippen molar-refractivity contribution in [1.82, 2.24) is 13.7 Å². The van der Waals surface area contributed by atoms with Crippen LogP contribution >= 0.6 is 15.9 Å². The van der Waals surface area contributed by atoms with E-state index in [0.717, 1.165) is 16.6 Å². The van der Waals surface area contributed by atoms with Crippen molar-refractivity contribution in [1.29, 1.82) is 0 Å². The van der Waals surface area contributed by atoms with Crippen molar-refractivity contribution in [2.75, 3.05) is 0 Å². The van der Waals surface area contributed by atoms with Crippen LogP contribution in [-0.4, -0.2) is 13.7 Å². The Kier molecular flexibility index (Phi) is 15.4. The summed E-state index contributed by atoms with van der Waals surface area (Å²) in [5.74, 6) is 0. The molecule has 0 aliphatic heterocycles. The Bertz CT molecular complexity index is 8270. The molecule has 0 saturated carbocycles. The van der Waals surface area contributed by atoms with Gasteiger partial charge in [-0.25, -0.2) is 0 Å². The molecule has 3 nitrogen and oxygen atoms in total. The van der Waals surface area contributed by atoms with E-state index in [1.54, 1.807) is 0 Å². The van der Waals surface area contributed by atoms with Gasteiger partial charge in [0.15, 0.2) is 0 Å². The second-order valence-corrected chi connectivity index (χ2v) is 34.8. The van der Waals surface area contributed by atoms with Gasteiger partial charge in [0.1, 0.15) is 0 Å². The highest BCUT2D eigenvalue weighted by molar-refractivity contribution is 9.10. The lowest BCUT2D eigenvalue weighted by atomic mass is 9.81. The lowest BCUT2D eigenvalue weighted by Gasteiger charge is -2.22. The van der Waals surface area contributed by atoms with Crippen LogP contribution in [0.15, 0.2) is 393 Å². The Balaban J connectivity index is 0.000000113. The molecule has 3 heterocycles. The molecule has 0 radical (unpaired) electrons. The van der Waals surface area contributed by atoms with Crippen LogP contribution in [0.1, 0.15) is 61.1 Å². The van der Waals surface area contributed by atoms with E-state index in [1.165, 1.54) is 230 Å². The molecule has 0 spiro atoms. The van der Waals surface area contributed by atoms with Crippen molar-refractivity contribution in [2.45, 2.75) is 44.9 Å². The van der Waals surface area contributed by atoms with Gasteiger partial charge in [-0.15, -0.1) is 0 Å². The maximum Gasteiger partial charge on any atom is 0.0547 e. The SMILES string of the molecule is Brc1cccc(-c2ccc3c4ccccc4n(-c4ccccc4)c3c2)c1.CC1(C)c2ccccc2-c2cc3c(cc21)Cc1cc2c4ccccc4c4ccccc4c2cc1-3.CC1(C)c2ccccc2-c2cc3c4cc5c6ccccc6c6ccccc6c5cc4n(-c4cccc(-c5ccc6c7ccccc7n(-c7ccccc7)c6c5)c4)c3cc21. The van der Waals surface area contributed by atoms with Gasteiger partial charge in [0.25, 0.3) is 0 Å². The summed E-state index contributed by atoms with van der Waals surface area (Å²) in [4.78, 5) is 0. The number of benzene rings is 20. The fourth-order valence-electron chi connectivity index (χ4n) is 21.2. The lowest BCUT2D eigenvalue weighted by Crippen LogP contribution is -2.15. The Labute approximate surface area is 698 Å². The highest BCUT2D eigenvalue weighted by atomic mass is 79.9. The summed E-state index contributed by atoms with van der Waals surface area (Å²) in [6.07, 6.45) is 1.02. The molecular weight excluding hydrogens is 1500 g/mol. The van der Waals surface area contributed by atoms with Gasteiger partial charge >= 0.3 is 0 Å². The molecular formula is C115H78BrN3. The first-order valence-electron chi connectivity index (χ1n) is 41.6. The second kappa shape index (κ2) is 26.4. The minimum absolute atomic E-state index is 0.0485. The lowest BCUT2D eigenvalue weighted by molar-refractivity contribution is 0.659. The summed E-state index contributed by atoms with van der Waals surface area (Å²) in [5, 5.41) is 23.5. The molecule has 26 rings (SSSR count). The van der Waals surface area contributed by atoms with Gasteiger partial charge in [0.05, 0.1) is 33.1 Å². The predicted octanol–water partition coefficient (Wildman–Crippen LogP) is 31.6. The largest absolute Gasteiger partial charge is 0.309 e. The summed E-state index contributed by atoms with van der Waals surface area (Å²) in [6, 6.07) is 143. The zero-order chi connectivity index (χ0) is 79.1. The van der Waals surface area contributed by atoms with E-state index >= 15 is 0 Å². The fourth-order valence-corrected chi connectivity index (χ4v) is 21.6. The molecule has 4 heteroatoms. The molecule has 0 bridgehead atoms. The van der Waals surface area contributed by atoms with Gasteiger partial charge in [-0.1, -0.05) is 317 Å². The number of aromatic nitrogens is 3. The van der Waals surface area contributed by atoms with Crippen molar-refractivity contribution in [3.05, 3.63) is 426 Å². The topological polar surface area (TPSA) is 14.8 Å². The van der Waals surface area contributed by atoms with E-state index in [1.807, 2.05) is 0 Å². The van der Waals surface area contributed by atoms with Crippen molar-refractivity contribution in [2.24, 2.45) is 0 Å². The Hall–Kier alpha value is -14.2. The van der Waals surface area contributed by atoms with Crippen molar-refractivity contribution in [3.8, 4) is 72.7 Å². The van der Waals surface area contributed by atoms with Crippen LogP contribution in [0.4, 0.5) is 0 Å². The third-order valence-corrected chi connectivity index (χ3v) is 27.2. The molecule has 560 valence electrons. The molecule has 0 N–H and O–H groups in total. The molecule has 119 heavy (non-hydrogen) atoms. The number of para-hydroxylation sites is 4. The van der Waals surface area contributed by atoms with Crippen molar-refractivity contribution in [3.63, 3.8) is 0 Å². The van der Waals surface area contributed by atoms with Crippen LogP contribution in [0.25, 0.3) is 203 Å². The maximum atomic E-state index is 3.58. The molecule has 23 aromatic rings. The van der Waals surface area contributed by atoms with Gasteiger partial charge < -0.3 is 13.7 Å². The molecule has 3 aliphatic rings. The highest BCUT2D eigenvalue weighted by Crippen LogP contribution is 2.55. The Morgan fingerprint density at radius 1 is 0.193 bits per heavy atom. The standard InChI is InChI=1S/C57H38N2.C34H24.C24H16BrN/c1-57(2)51-25-12-10-23-43(51)48-32-50-49-31-46-41-21-8-6-19-39(41)40-20-7-9-22-42(40)47(46)33-55(49)59(56(50)34-52(48)57)38-18-14-15-35(29-38)36-27-28-45-44-24-11-13-26-53(44)58(54(45)30-36)37-16-4-3-5-17-37;1-34(2)32-14-8-7-13-26(32)31-19-28-21(17-33(31)34)15-20-16-29-24-11-5-3-9-22(24)23-10-4-6-12-25(23)30(29)18-27(20)28;25-19-8-6-7-17(15-19)18-13-14-22-21-11-4-5-12-23(21)26(24(22)16-18)20-9-2-1-3-10-20/h3-34H,1-2H3;3-14,16-19H,15H2,1-2H3;1-16H. The summed E-state index contributed by atoms with van der Waals surface area (Å²) in [5.41, 5.74) is 32.6. The molecule has 0 atom stereocenters. The highest BCUT2D eigenvalue weighted by Gasteiger charge is 2.39. The van der Waals surface area contributed by atoms with E-state index in [-0.39, 0.29) is 10.8 Å². The van der Waals surface area contributed by atoms with Crippen LogP contribution in [0.5, 0.6) is 0 Å². The van der Waals surface area contributed by atoms with Gasteiger partial charge in [-0.05, 0) is 275 Å². The predicted molar refractivity (Wildman–Crippen MR) is 509 cm³/mol. The fraction of sp³-hybridized carbons (Fsp3) is 0.0609. The van der Waals surface area contributed by atoms with Crippen molar-refractivity contribution >= 4 is 146 Å². The average Bonchev–Trinajstić information content (AvgIpc) is 2.44. The van der Waals surface area contributed by atoms with Crippen LogP contribution in [-0.2, 0) is 17.3 Å². The van der Waals surface area contributed by atoms with E-state index in [9.17, 15) is 0 Å². The van der Waals surface area contributed by atoms with Gasteiger partial charge in [-0.2, -0.15) is 0 Å². The number of fused-ring (bicyclic) bond motifs is 30. The van der Waals surface area contributed by atoms with Crippen LogP contribution in [0.2, 0.25) is 0 Å². The maximum absolute atomic E-state index is 3.58. The van der Waals surface area contributed by atoms with Gasteiger partial charge in [-0.3, -0.25) is 0 Å². The van der Waals surface area contributed by atoms with E-state index in [2.05, 4.69) is 446 Å². The second-order valence-electron chi connectivity index (χ2n) is 33.9. The van der Waals surface area contributed by atoms with E-state index < -0.39 is 0 Å². The Morgan fingerprint density at radius 3 is 1.07 bits per heavy atom. The first kappa shape index (κ1) is 69.2. The first-order chi connectivity index (χ1) is 58.4. The number of halogens is 1. The first-order valence-corrected chi connectivity index (χ1v) is 42.4. The number of hydrogen-bond acceptors (Lipinski definition) is 0. The zero-order valence-electron chi connectivity index (χ0n) is 66.4. The molecule has 0 unspecified atom stereocenters. The van der Waals surface area contributed by atoms with Crippen molar-refractivity contribution < 1.29 is 0 Å². The van der Waals surface area contributed by atoms with E-state index in [4.69, 9.17) is 0 Å². The summed E-state index contributed by atoms with van der Waals surface area (Å²) < 4.78 is 8.39. The van der Waals surface area contributed by atoms with Crippen LogP contribution < -0.4 is 0 Å². The van der Waals surface area contributed by atoms with Crippen LogP contribution in [0, 0.1) is 0 Å². The normalized spacial score (nSPS) is 13.4. The number of nitrogens with zero attached hydrogens (tertiary/aromatic N) is 3. The van der Waals surface area contributed by atoms with Gasteiger partial charge in [0, 0.05) is 64.7 Å². The number of hydrogen-bond donors (Lipinski definition) is 0. The molecule has 0 amide bonds. The average molecular weight is 1580 g/mol. The zero-order valence-corrected chi connectivity index (χ0v) is 68.0. The molecule has 0 saturated heterocycles. The number of rotatable bonds is 5. The van der Waals surface area contributed by atoms with Crippen LogP contribution in [0.3, 0.4) is 0 Å². The van der Waals surface area contributed by atoms with Gasteiger partial charge in [0.2, 0.25) is 0 Å². The third-order valence-electron chi connectivity index (χ3n) is 26.8. The Morgan fingerprint density at radius 2 is 0.538 bits per heavy atom. The smallest absolute Gasteiger partial charge is 0.0547 e. The molecule has 3 aromatic heterocycles. The minimum atomic E-state index is -0.118. The quantitative estimate of drug-likeness (QED) is 0.153.